The first-order valence-electron chi connectivity index (χ1n) is 7.77. The fraction of sp³-hybridized carbons (Fsp3) is 0.375. The topological polar surface area (TPSA) is 84.7 Å². The number of aromatic nitrogens is 4. The van der Waals surface area contributed by atoms with E-state index in [2.05, 4.69) is 39.5 Å². The summed E-state index contributed by atoms with van der Waals surface area (Å²) in [6.07, 6.45) is 3.40. The zero-order valence-corrected chi connectivity index (χ0v) is 14.9. The molecule has 8 heteroatoms. The molecule has 0 saturated carbocycles. The summed E-state index contributed by atoms with van der Waals surface area (Å²) in [5.41, 5.74) is 2.30. The number of hydrogen-bond acceptors (Lipinski definition) is 5. The number of thiazole rings is 1. The fourth-order valence-electron chi connectivity index (χ4n) is 2.40. The monoisotopic (exact) mass is 344 g/mol. The van der Waals surface area contributed by atoms with Gasteiger partial charge in [0.2, 0.25) is 0 Å². The molecule has 0 aliphatic rings. The van der Waals surface area contributed by atoms with Crippen LogP contribution in [0, 0.1) is 6.92 Å². The number of nitrogens with zero attached hydrogens (tertiary/aromatic N) is 4. The number of rotatable bonds is 4. The van der Waals surface area contributed by atoms with E-state index in [1.807, 2.05) is 30.0 Å². The predicted molar refractivity (Wildman–Crippen MR) is 95.3 cm³/mol. The molecule has 7 nitrogen and oxygen atoms in total. The first-order chi connectivity index (χ1) is 11.4. The quantitative estimate of drug-likeness (QED) is 0.756. The minimum absolute atomic E-state index is 0.157. The van der Waals surface area contributed by atoms with Gasteiger partial charge < -0.3 is 10.6 Å². The number of anilines is 1. The fourth-order valence-corrected chi connectivity index (χ4v) is 3.11. The Morgan fingerprint density at radius 1 is 1.29 bits per heavy atom. The summed E-state index contributed by atoms with van der Waals surface area (Å²) in [4.78, 5) is 20.9. The van der Waals surface area contributed by atoms with Gasteiger partial charge in [-0.3, -0.25) is 0 Å². The van der Waals surface area contributed by atoms with Gasteiger partial charge in [0.15, 0.2) is 5.65 Å². The van der Waals surface area contributed by atoms with E-state index in [9.17, 15) is 4.79 Å². The van der Waals surface area contributed by atoms with Crippen molar-refractivity contribution in [2.75, 3.05) is 5.32 Å². The molecule has 1 atom stereocenters. The number of aryl methyl sites for hydroxylation is 1. The molecule has 0 aromatic carbocycles. The van der Waals surface area contributed by atoms with Crippen LogP contribution in [0.5, 0.6) is 0 Å². The van der Waals surface area contributed by atoms with Gasteiger partial charge in [-0.1, -0.05) is 0 Å². The van der Waals surface area contributed by atoms with Crippen LogP contribution in [0.2, 0.25) is 0 Å². The highest BCUT2D eigenvalue weighted by Gasteiger charge is 2.13. The maximum Gasteiger partial charge on any atom is 0.319 e. The van der Waals surface area contributed by atoms with Gasteiger partial charge >= 0.3 is 6.03 Å². The summed E-state index contributed by atoms with van der Waals surface area (Å²) in [5, 5.41) is 13.8. The average molecular weight is 344 g/mol. The van der Waals surface area contributed by atoms with Gasteiger partial charge in [0, 0.05) is 16.8 Å². The number of hydrogen-bond donors (Lipinski definition) is 2. The largest absolute Gasteiger partial charge is 0.330 e. The maximum absolute atomic E-state index is 12.2. The van der Waals surface area contributed by atoms with Crippen molar-refractivity contribution in [3.05, 3.63) is 34.5 Å². The van der Waals surface area contributed by atoms with Crippen LogP contribution in [0.1, 0.15) is 43.6 Å². The van der Waals surface area contributed by atoms with Crippen molar-refractivity contribution in [2.24, 2.45) is 0 Å². The molecule has 0 saturated heterocycles. The second-order valence-corrected chi connectivity index (χ2v) is 6.99. The molecule has 0 spiro atoms. The number of amides is 2. The molecular formula is C16H20N6OS. The van der Waals surface area contributed by atoms with Gasteiger partial charge in [0.1, 0.15) is 0 Å². The van der Waals surface area contributed by atoms with E-state index >= 15 is 0 Å². The van der Waals surface area contributed by atoms with Crippen LogP contribution in [0.3, 0.4) is 0 Å². The molecule has 3 aromatic rings. The Morgan fingerprint density at radius 3 is 2.75 bits per heavy atom. The van der Waals surface area contributed by atoms with E-state index in [0.717, 1.165) is 21.7 Å². The van der Waals surface area contributed by atoms with Crippen LogP contribution < -0.4 is 10.6 Å². The minimum atomic E-state index is -0.287. The Kier molecular flexibility index (Phi) is 4.48. The Hall–Kier alpha value is -2.48. The molecule has 0 radical (unpaired) electrons. The van der Waals surface area contributed by atoms with E-state index in [1.165, 1.54) is 0 Å². The van der Waals surface area contributed by atoms with E-state index in [-0.39, 0.29) is 18.1 Å². The van der Waals surface area contributed by atoms with Gasteiger partial charge in [-0.25, -0.2) is 19.4 Å². The zero-order chi connectivity index (χ0) is 17.3. The van der Waals surface area contributed by atoms with Crippen LogP contribution in [0.25, 0.3) is 11.0 Å². The standard InChI is InChI=1S/C16H20N6OS/c1-9(2)22-15-12(6-18-22)5-13(7-17-15)21-16(23)19-10(3)14-8-24-11(4)20-14/h5-10H,1-4H3,(H2,19,21,23)/t10-/m1/s1. The number of fused-ring (bicyclic) bond motifs is 1. The summed E-state index contributed by atoms with van der Waals surface area (Å²) in [7, 11) is 0. The maximum atomic E-state index is 12.2. The van der Waals surface area contributed by atoms with Gasteiger partial charge in [0.05, 0.1) is 34.8 Å². The third kappa shape index (κ3) is 3.38. The molecule has 0 aliphatic carbocycles. The molecule has 24 heavy (non-hydrogen) atoms. The van der Waals surface area contributed by atoms with E-state index < -0.39 is 0 Å². The minimum Gasteiger partial charge on any atom is -0.330 e. The summed E-state index contributed by atoms with van der Waals surface area (Å²) >= 11 is 1.57. The molecule has 3 heterocycles. The lowest BCUT2D eigenvalue weighted by Crippen LogP contribution is -2.31. The molecule has 126 valence electrons. The second-order valence-electron chi connectivity index (χ2n) is 5.93. The lowest BCUT2D eigenvalue weighted by Gasteiger charge is -2.13. The molecule has 3 rings (SSSR count). The van der Waals surface area contributed by atoms with Crippen molar-refractivity contribution in [1.29, 1.82) is 0 Å². The summed E-state index contributed by atoms with van der Waals surface area (Å²) in [6, 6.07) is 1.66. The molecule has 0 aliphatic heterocycles. The molecular weight excluding hydrogens is 324 g/mol. The Morgan fingerprint density at radius 2 is 2.08 bits per heavy atom. The van der Waals surface area contributed by atoms with Crippen LogP contribution in [-0.4, -0.2) is 25.8 Å². The highest BCUT2D eigenvalue weighted by molar-refractivity contribution is 7.09. The molecule has 0 bridgehead atoms. The molecule has 3 aromatic heterocycles. The average Bonchev–Trinajstić information content (AvgIpc) is 3.12. The smallest absolute Gasteiger partial charge is 0.319 e. The van der Waals surface area contributed by atoms with Gasteiger partial charge in [0.25, 0.3) is 0 Å². The number of pyridine rings is 1. The SMILES string of the molecule is Cc1nc([C@@H](C)NC(=O)Nc2cnc3c(cnn3C(C)C)c2)cs1. The third-order valence-corrected chi connectivity index (χ3v) is 4.40. The molecule has 0 fully saturated rings. The van der Waals surface area contributed by atoms with Crippen LogP contribution in [-0.2, 0) is 0 Å². The molecule has 2 N–H and O–H groups in total. The lowest BCUT2D eigenvalue weighted by atomic mass is 10.2. The highest BCUT2D eigenvalue weighted by atomic mass is 32.1. The highest BCUT2D eigenvalue weighted by Crippen LogP contribution is 2.19. The summed E-state index contributed by atoms with van der Waals surface area (Å²) in [5.74, 6) is 0. The Labute approximate surface area is 144 Å². The van der Waals surface area contributed by atoms with Crippen LogP contribution in [0.4, 0.5) is 10.5 Å². The van der Waals surface area contributed by atoms with Gasteiger partial charge in [-0.15, -0.1) is 11.3 Å². The van der Waals surface area contributed by atoms with Crippen molar-refractivity contribution in [3.63, 3.8) is 0 Å². The summed E-state index contributed by atoms with van der Waals surface area (Å²) < 4.78 is 1.85. The van der Waals surface area contributed by atoms with Crippen LogP contribution in [0.15, 0.2) is 23.8 Å². The second kappa shape index (κ2) is 6.56. The Balaban J connectivity index is 1.69. The first kappa shape index (κ1) is 16.4. The number of carbonyl (C=O) groups is 1. The summed E-state index contributed by atoms with van der Waals surface area (Å²) in [6.45, 7) is 7.95. The van der Waals surface area contributed by atoms with Gasteiger partial charge in [-0.05, 0) is 33.8 Å². The Bertz CT molecular complexity index is 868. The van der Waals surface area contributed by atoms with Crippen LogP contribution >= 0.6 is 11.3 Å². The predicted octanol–water partition coefficient (Wildman–Crippen LogP) is 3.66. The number of nitrogens with one attached hydrogen (secondary N) is 2. The van der Waals surface area contributed by atoms with Crippen molar-refractivity contribution in [1.82, 2.24) is 25.1 Å². The van der Waals surface area contributed by atoms with Crippen molar-refractivity contribution in [2.45, 2.75) is 39.8 Å². The third-order valence-electron chi connectivity index (χ3n) is 3.61. The van der Waals surface area contributed by atoms with Crippen molar-refractivity contribution < 1.29 is 4.79 Å². The van der Waals surface area contributed by atoms with Crippen molar-refractivity contribution in [3.8, 4) is 0 Å². The zero-order valence-electron chi connectivity index (χ0n) is 14.1. The van der Waals surface area contributed by atoms with Crippen molar-refractivity contribution >= 4 is 34.1 Å². The molecule has 2 amide bonds. The van der Waals surface area contributed by atoms with E-state index in [4.69, 9.17) is 0 Å². The van der Waals surface area contributed by atoms with Gasteiger partial charge in [-0.2, -0.15) is 5.10 Å². The number of urea groups is 1. The lowest BCUT2D eigenvalue weighted by molar-refractivity contribution is 0.249. The first-order valence-corrected chi connectivity index (χ1v) is 8.65. The number of carbonyl (C=O) groups excluding carboxylic acids is 1. The van der Waals surface area contributed by atoms with E-state index in [0.29, 0.717) is 5.69 Å². The normalized spacial score (nSPS) is 12.5. The molecule has 0 unspecified atom stereocenters. The van der Waals surface area contributed by atoms with E-state index in [1.54, 1.807) is 23.7 Å².